The molecule has 0 radical (unpaired) electrons. The lowest BCUT2D eigenvalue weighted by molar-refractivity contribution is -0.324. The highest BCUT2D eigenvalue weighted by molar-refractivity contribution is 6.99. The van der Waals surface area contributed by atoms with Gasteiger partial charge in [-0.25, -0.2) is 4.79 Å². The highest BCUT2D eigenvalue weighted by Crippen LogP contribution is 2.40. The van der Waals surface area contributed by atoms with E-state index in [1.807, 2.05) is 127 Å². The van der Waals surface area contributed by atoms with Crippen molar-refractivity contribution >= 4 is 24.7 Å². The molecule has 0 saturated carbocycles. The molecule has 366 valence electrons. The first-order chi connectivity index (χ1) is 33.4. The Hall–Kier alpha value is -5.26. The number of ether oxygens (including phenoxy) is 9. The molecule has 5 aromatic rings. The predicted molar refractivity (Wildman–Crippen MR) is 263 cm³/mol. The van der Waals surface area contributed by atoms with Crippen molar-refractivity contribution in [3.63, 3.8) is 0 Å². The summed E-state index contributed by atoms with van der Waals surface area (Å²) < 4.78 is 65.3. The van der Waals surface area contributed by atoms with Crippen molar-refractivity contribution < 1.29 is 51.9 Å². The van der Waals surface area contributed by atoms with Crippen molar-refractivity contribution in [3.05, 3.63) is 179 Å². The van der Waals surface area contributed by atoms with E-state index in [0.717, 1.165) is 27.1 Å². The van der Waals surface area contributed by atoms with Crippen molar-refractivity contribution in [2.75, 3.05) is 27.4 Å². The first kappa shape index (κ1) is 51.6. The molecular formula is C54H65N3O11Si. The SMILES string of the molecule is COC(=O)[C@H](OC[C@H]1O[C@H](OC)[C@H](OCc2ccccc2)[C@@H](OCc2ccccc2)[C@@H]1OCc1ccccc1)[C@H]1OC(C)(C)O[C@@H]1[C@H](CO[Si](c1ccccc1)(c1ccccc1)C(C)(C)C)N=[N+]=[N-]. The zero-order valence-corrected chi connectivity index (χ0v) is 41.5. The van der Waals surface area contributed by atoms with E-state index in [1.165, 1.54) is 7.11 Å². The second-order valence-electron chi connectivity index (χ2n) is 18.7. The Labute approximate surface area is 406 Å². The molecule has 15 heteroatoms. The van der Waals surface area contributed by atoms with E-state index in [0.29, 0.717) is 0 Å². The van der Waals surface area contributed by atoms with Gasteiger partial charge in [0.15, 0.2) is 18.2 Å². The normalized spacial score (nSPS) is 23.4. The van der Waals surface area contributed by atoms with Gasteiger partial charge in [-0.1, -0.05) is 178 Å². The summed E-state index contributed by atoms with van der Waals surface area (Å²) in [5.74, 6) is -1.98. The van der Waals surface area contributed by atoms with Crippen molar-refractivity contribution in [2.24, 2.45) is 5.11 Å². The number of rotatable bonds is 22. The molecule has 2 aliphatic rings. The lowest BCUT2D eigenvalue weighted by atomic mass is 9.97. The van der Waals surface area contributed by atoms with Crippen LogP contribution in [-0.2, 0) is 71.7 Å². The summed E-state index contributed by atoms with van der Waals surface area (Å²) in [4.78, 5) is 17.4. The highest BCUT2D eigenvalue weighted by Gasteiger charge is 2.55. The number of azide groups is 1. The molecule has 2 aliphatic heterocycles. The molecule has 9 atom stereocenters. The third-order valence-electron chi connectivity index (χ3n) is 12.5. The maximum atomic E-state index is 14.1. The number of benzene rings is 5. The van der Waals surface area contributed by atoms with Crippen molar-refractivity contribution in [3.8, 4) is 0 Å². The second-order valence-corrected chi connectivity index (χ2v) is 23.0. The van der Waals surface area contributed by atoms with Crippen LogP contribution in [-0.4, -0.2) is 103 Å². The third kappa shape index (κ3) is 12.7. The van der Waals surface area contributed by atoms with Crippen LogP contribution in [0, 0.1) is 0 Å². The first-order valence-corrected chi connectivity index (χ1v) is 25.3. The molecule has 0 aromatic heterocycles. The van der Waals surface area contributed by atoms with Crippen LogP contribution in [0.5, 0.6) is 0 Å². The smallest absolute Gasteiger partial charge is 0.337 e. The Morgan fingerprint density at radius 1 is 0.681 bits per heavy atom. The van der Waals surface area contributed by atoms with E-state index in [9.17, 15) is 10.3 Å². The zero-order chi connectivity index (χ0) is 48.9. The van der Waals surface area contributed by atoms with Crippen LogP contribution in [0.4, 0.5) is 0 Å². The topological polar surface area (TPSA) is 158 Å². The van der Waals surface area contributed by atoms with Crippen LogP contribution < -0.4 is 10.4 Å². The Morgan fingerprint density at radius 3 is 1.58 bits per heavy atom. The average molecular weight is 960 g/mol. The summed E-state index contributed by atoms with van der Waals surface area (Å²) in [5, 5.41) is 5.98. The predicted octanol–water partition coefficient (Wildman–Crippen LogP) is 8.45. The molecule has 0 aliphatic carbocycles. The van der Waals surface area contributed by atoms with Crippen LogP contribution in [0.2, 0.25) is 5.04 Å². The van der Waals surface area contributed by atoms with Gasteiger partial charge in [0.2, 0.25) is 0 Å². The minimum absolute atomic E-state index is 0.0622. The van der Waals surface area contributed by atoms with Crippen LogP contribution in [0.3, 0.4) is 0 Å². The quantitative estimate of drug-likeness (QED) is 0.0216. The van der Waals surface area contributed by atoms with Crippen molar-refractivity contribution in [1.82, 2.24) is 0 Å². The molecule has 0 bridgehead atoms. The van der Waals surface area contributed by atoms with E-state index in [2.05, 4.69) is 55.1 Å². The van der Waals surface area contributed by atoms with E-state index < -0.39 is 75.1 Å². The molecule has 0 amide bonds. The zero-order valence-electron chi connectivity index (χ0n) is 40.5. The molecule has 0 N–H and O–H groups in total. The van der Waals surface area contributed by atoms with Gasteiger partial charge in [0.1, 0.15) is 36.6 Å². The van der Waals surface area contributed by atoms with Crippen LogP contribution in [0.25, 0.3) is 10.4 Å². The van der Waals surface area contributed by atoms with Gasteiger partial charge in [-0.2, -0.15) is 0 Å². The van der Waals surface area contributed by atoms with E-state index in [1.54, 1.807) is 21.0 Å². The molecule has 7 rings (SSSR count). The summed E-state index contributed by atoms with van der Waals surface area (Å²) in [5.41, 5.74) is 12.9. The molecule has 2 saturated heterocycles. The number of carbonyl (C=O) groups excluding carboxylic acids is 1. The Kier molecular flexibility index (Phi) is 18.0. The number of hydrogen-bond acceptors (Lipinski definition) is 12. The van der Waals surface area contributed by atoms with Crippen molar-refractivity contribution in [1.29, 1.82) is 0 Å². The van der Waals surface area contributed by atoms with Gasteiger partial charge in [-0.05, 0) is 51.5 Å². The Balaban J connectivity index is 1.20. The van der Waals surface area contributed by atoms with Gasteiger partial charge < -0.3 is 47.1 Å². The van der Waals surface area contributed by atoms with Crippen LogP contribution in [0.15, 0.2) is 157 Å². The maximum absolute atomic E-state index is 14.1. The Bertz CT molecular complexity index is 2340. The lowest BCUT2D eigenvalue weighted by Crippen LogP contribution is -2.67. The number of nitrogens with zero attached hydrogens (tertiary/aromatic N) is 3. The maximum Gasteiger partial charge on any atom is 0.337 e. The second kappa shape index (κ2) is 24.0. The van der Waals surface area contributed by atoms with E-state index in [4.69, 9.17) is 47.1 Å². The van der Waals surface area contributed by atoms with Gasteiger partial charge in [0, 0.05) is 18.6 Å². The van der Waals surface area contributed by atoms with Gasteiger partial charge in [-0.3, -0.25) is 0 Å². The summed E-state index contributed by atoms with van der Waals surface area (Å²) in [6.45, 7) is 10.4. The third-order valence-corrected chi connectivity index (χ3v) is 17.5. The van der Waals surface area contributed by atoms with Gasteiger partial charge in [0.25, 0.3) is 8.32 Å². The molecule has 5 aromatic carbocycles. The molecule has 0 spiro atoms. The van der Waals surface area contributed by atoms with Crippen LogP contribution >= 0.6 is 0 Å². The van der Waals surface area contributed by atoms with Gasteiger partial charge in [0.05, 0.1) is 39.6 Å². The highest BCUT2D eigenvalue weighted by atomic mass is 28.4. The number of esters is 1. The minimum Gasteiger partial charge on any atom is -0.467 e. The van der Waals surface area contributed by atoms with Crippen molar-refractivity contribution in [2.45, 2.75) is 120 Å². The lowest BCUT2D eigenvalue weighted by Gasteiger charge is -2.45. The molecule has 0 unspecified atom stereocenters. The summed E-state index contributed by atoms with van der Waals surface area (Å²) >= 11 is 0. The molecule has 69 heavy (non-hydrogen) atoms. The fourth-order valence-corrected chi connectivity index (χ4v) is 13.8. The minimum atomic E-state index is -3.13. The van der Waals surface area contributed by atoms with Crippen LogP contribution in [0.1, 0.15) is 51.3 Å². The molecule has 2 heterocycles. The largest absolute Gasteiger partial charge is 0.467 e. The average Bonchev–Trinajstić information content (AvgIpc) is 3.69. The monoisotopic (exact) mass is 959 g/mol. The number of hydrogen-bond donors (Lipinski definition) is 0. The van der Waals surface area contributed by atoms with Gasteiger partial charge >= 0.3 is 5.97 Å². The standard InChI is InChI=1S/C54H65N3O11Si/c1-53(2,3)69(41-29-19-11-20-30-41,42-31-21-12-22-32-42)65-36-43(56-57-55)45-48(68-54(4,5)67-45)49(51(58)59-6)64-37-44-46(61-33-38-23-13-8-14-24-38)47(62-34-39-25-15-9-16-26-39)50(52(60-7)66-44)63-35-40-27-17-10-18-28-40/h8-32,43-50,52H,33-37H2,1-7H3/t43-,44+,45+,46+,47-,48-,49+,50+,52-/m0/s1. The summed E-state index contributed by atoms with van der Waals surface area (Å²) in [6.07, 6.45) is -7.73. The molecule has 14 nitrogen and oxygen atoms in total. The summed E-state index contributed by atoms with van der Waals surface area (Å²) in [6, 6.07) is 48.7. The first-order valence-electron chi connectivity index (χ1n) is 23.4. The summed E-state index contributed by atoms with van der Waals surface area (Å²) in [7, 11) is -0.311. The van der Waals surface area contributed by atoms with E-state index in [-0.39, 0.29) is 38.1 Å². The fourth-order valence-electron chi connectivity index (χ4n) is 9.26. The van der Waals surface area contributed by atoms with Gasteiger partial charge in [-0.15, -0.1) is 0 Å². The number of carbonyl (C=O) groups is 1. The number of methoxy groups -OCH3 is 2. The fraction of sp³-hybridized carbons (Fsp3) is 0.426. The molecular weight excluding hydrogens is 895 g/mol. The Morgan fingerprint density at radius 2 is 1.13 bits per heavy atom. The molecule has 2 fully saturated rings. The van der Waals surface area contributed by atoms with E-state index >= 15 is 0 Å².